The van der Waals surface area contributed by atoms with Crippen molar-refractivity contribution in [1.29, 1.82) is 0 Å². The Labute approximate surface area is 152 Å². The fourth-order valence-corrected chi connectivity index (χ4v) is 3.81. The molecule has 4 rings (SSSR count). The second-order valence-corrected chi connectivity index (χ2v) is 6.55. The van der Waals surface area contributed by atoms with E-state index in [9.17, 15) is 4.79 Å². The maximum atomic E-state index is 12.8. The van der Waals surface area contributed by atoms with Crippen LogP contribution in [0.25, 0.3) is 0 Å². The number of benzene rings is 1. The molecule has 2 aromatic rings. The summed E-state index contributed by atoms with van der Waals surface area (Å²) in [4.78, 5) is 22.8. The number of fused-ring (bicyclic) bond motifs is 1. The predicted molar refractivity (Wildman–Crippen MR) is 95.9 cm³/mol. The van der Waals surface area contributed by atoms with Gasteiger partial charge in [-0.2, -0.15) is 0 Å². The van der Waals surface area contributed by atoms with Crippen molar-refractivity contribution in [1.82, 2.24) is 14.9 Å². The minimum absolute atomic E-state index is 0. The molecule has 0 spiro atoms. The summed E-state index contributed by atoms with van der Waals surface area (Å²) >= 11 is 0. The fraction of sp³-hybridized carbons (Fsp3) is 0.389. The molecular formula is C18H21ClN4O2. The molecular weight excluding hydrogens is 340 g/mol. The maximum absolute atomic E-state index is 12.8. The van der Waals surface area contributed by atoms with Gasteiger partial charge in [-0.05, 0) is 42.9 Å². The fourth-order valence-electron chi connectivity index (χ4n) is 3.81. The van der Waals surface area contributed by atoms with Gasteiger partial charge in [0.15, 0.2) is 0 Å². The number of hydrogen-bond acceptors (Lipinski definition) is 5. The highest BCUT2D eigenvalue weighted by Crippen LogP contribution is 2.37. The molecule has 2 fully saturated rings. The number of carbonyl (C=O) groups excluding carboxylic acids is 1. The molecule has 132 valence electrons. The number of amides is 1. The monoisotopic (exact) mass is 360 g/mol. The highest BCUT2D eigenvalue weighted by atomic mass is 35.5. The number of aromatic nitrogens is 2. The Morgan fingerprint density at radius 2 is 2.12 bits per heavy atom. The first-order valence-electron chi connectivity index (χ1n) is 8.29. The standard InChI is InChI=1S/C18H20N4O2.ClH/c19-16-5-4-13-10-22(11-15(13)16)18(23)12-2-1-3-14(8-12)24-17-9-20-6-7-21-17;/h1-3,6-9,13,15-16H,4-5,10-11,19H2;1H. The zero-order valence-corrected chi connectivity index (χ0v) is 14.6. The first-order chi connectivity index (χ1) is 11.7. The van der Waals surface area contributed by atoms with Gasteiger partial charge < -0.3 is 15.4 Å². The number of nitrogens with zero attached hydrogens (tertiary/aromatic N) is 3. The smallest absolute Gasteiger partial charge is 0.254 e. The lowest BCUT2D eigenvalue weighted by molar-refractivity contribution is 0.0779. The van der Waals surface area contributed by atoms with Crippen LogP contribution >= 0.6 is 12.4 Å². The summed E-state index contributed by atoms with van der Waals surface area (Å²) in [6, 6.07) is 7.44. The zero-order valence-electron chi connectivity index (χ0n) is 13.7. The number of likely N-dealkylation sites (tertiary alicyclic amines) is 1. The van der Waals surface area contributed by atoms with E-state index >= 15 is 0 Å². The van der Waals surface area contributed by atoms with Crippen LogP contribution in [-0.2, 0) is 0 Å². The summed E-state index contributed by atoms with van der Waals surface area (Å²) in [5.41, 5.74) is 6.79. The number of halogens is 1. The first-order valence-corrected chi connectivity index (χ1v) is 8.29. The van der Waals surface area contributed by atoms with Gasteiger partial charge in [0.1, 0.15) is 5.75 Å². The molecule has 3 unspecified atom stereocenters. The Hall–Kier alpha value is -2.18. The van der Waals surface area contributed by atoms with Gasteiger partial charge in [0, 0.05) is 37.1 Å². The average molecular weight is 361 g/mol. The minimum Gasteiger partial charge on any atom is -0.437 e. The van der Waals surface area contributed by atoms with Crippen LogP contribution in [0.5, 0.6) is 11.6 Å². The van der Waals surface area contributed by atoms with Crippen molar-refractivity contribution in [2.45, 2.75) is 18.9 Å². The summed E-state index contributed by atoms with van der Waals surface area (Å²) in [5, 5.41) is 0. The molecule has 1 aliphatic carbocycles. The maximum Gasteiger partial charge on any atom is 0.254 e. The highest BCUT2D eigenvalue weighted by molar-refractivity contribution is 5.94. The van der Waals surface area contributed by atoms with Crippen LogP contribution in [-0.4, -0.2) is 39.9 Å². The van der Waals surface area contributed by atoms with E-state index in [0.717, 1.165) is 25.9 Å². The third-order valence-electron chi connectivity index (χ3n) is 5.04. The molecule has 1 aromatic carbocycles. The van der Waals surface area contributed by atoms with E-state index in [1.165, 1.54) is 6.20 Å². The Kier molecular flexibility index (Phi) is 5.20. The quantitative estimate of drug-likeness (QED) is 0.909. The normalized spacial score (nSPS) is 24.5. The largest absolute Gasteiger partial charge is 0.437 e. The third-order valence-corrected chi connectivity index (χ3v) is 5.04. The topological polar surface area (TPSA) is 81.3 Å². The van der Waals surface area contributed by atoms with E-state index in [0.29, 0.717) is 29.0 Å². The van der Waals surface area contributed by atoms with Gasteiger partial charge in [-0.3, -0.25) is 9.78 Å². The molecule has 1 aliphatic heterocycles. The molecule has 1 amide bonds. The SMILES string of the molecule is Cl.NC1CCC2CN(C(=O)c3cccc(Oc4cnccn4)c3)CC12. The Bertz CT molecular complexity index is 743. The van der Waals surface area contributed by atoms with Crippen LogP contribution in [0.1, 0.15) is 23.2 Å². The lowest BCUT2D eigenvalue weighted by Crippen LogP contribution is -2.33. The number of nitrogens with two attached hydrogens (primary N) is 1. The molecule has 3 atom stereocenters. The molecule has 2 N–H and O–H groups in total. The van der Waals surface area contributed by atoms with E-state index < -0.39 is 0 Å². The Morgan fingerprint density at radius 1 is 1.24 bits per heavy atom. The molecule has 0 bridgehead atoms. The van der Waals surface area contributed by atoms with Gasteiger partial charge in [0.05, 0.1) is 6.20 Å². The van der Waals surface area contributed by atoms with Crippen molar-refractivity contribution in [3.63, 3.8) is 0 Å². The predicted octanol–water partition coefficient (Wildman–Crippen LogP) is 2.50. The lowest BCUT2D eigenvalue weighted by atomic mass is 9.98. The van der Waals surface area contributed by atoms with Crippen LogP contribution in [0, 0.1) is 11.8 Å². The van der Waals surface area contributed by atoms with Crippen LogP contribution < -0.4 is 10.5 Å². The second kappa shape index (κ2) is 7.37. The molecule has 6 nitrogen and oxygen atoms in total. The minimum atomic E-state index is 0. The van der Waals surface area contributed by atoms with Crippen LogP contribution in [0.15, 0.2) is 42.9 Å². The van der Waals surface area contributed by atoms with Crippen molar-refractivity contribution in [3.05, 3.63) is 48.4 Å². The van der Waals surface area contributed by atoms with E-state index in [4.69, 9.17) is 10.5 Å². The van der Waals surface area contributed by atoms with Crippen LogP contribution in [0.2, 0.25) is 0 Å². The number of hydrogen-bond donors (Lipinski definition) is 1. The van der Waals surface area contributed by atoms with Crippen LogP contribution in [0.3, 0.4) is 0 Å². The number of carbonyl (C=O) groups is 1. The molecule has 25 heavy (non-hydrogen) atoms. The zero-order chi connectivity index (χ0) is 16.5. The van der Waals surface area contributed by atoms with E-state index in [1.54, 1.807) is 24.5 Å². The van der Waals surface area contributed by atoms with Gasteiger partial charge >= 0.3 is 0 Å². The van der Waals surface area contributed by atoms with Crippen molar-refractivity contribution in [2.24, 2.45) is 17.6 Å². The highest BCUT2D eigenvalue weighted by Gasteiger charge is 2.42. The van der Waals surface area contributed by atoms with Gasteiger partial charge in [-0.15, -0.1) is 12.4 Å². The van der Waals surface area contributed by atoms with Crippen molar-refractivity contribution >= 4 is 18.3 Å². The van der Waals surface area contributed by atoms with Crippen molar-refractivity contribution in [2.75, 3.05) is 13.1 Å². The molecule has 1 saturated carbocycles. The summed E-state index contributed by atoms with van der Waals surface area (Å²) in [6.45, 7) is 1.58. The number of ether oxygens (including phenoxy) is 1. The van der Waals surface area contributed by atoms with E-state index in [-0.39, 0.29) is 24.4 Å². The van der Waals surface area contributed by atoms with Crippen molar-refractivity contribution < 1.29 is 9.53 Å². The second-order valence-electron chi connectivity index (χ2n) is 6.55. The molecule has 2 heterocycles. The molecule has 1 aromatic heterocycles. The van der Waals surface area contributed by atoms with Crippen molar-refractivity contribution in [3.8, 4) is 11.6 Å². The molecule has 1 saturated heterocycles. The van der Waals surface area contributed by atoms with Gasteiger partial charge in [-0.1, -0.05) is 6.07 Å². The van der Waals surface area contributed by atoms with Crippen LogP contribution in [0.4, 0.5) is 0 Å². The Balaban J connectivity index is 0.00000182. The summed E-state index contributed by atoms with van der Waals surface area (Å²) in [7, 11) is 0. The van der Waals surface area contributed by atoms with E-state index in [2.05, 4.69) is 9.97 Å². The average Bonchev–Trinajstić information content (AvgIpc) is 3.18. The Morgan fingerprint density at radius 3 is 2.88 bits per heavy atom. The lowest BCUT2D eigenvalue weighted by Gasteiger charge is -2.19. The van der Waals surface area contributed by atoms with Gasteiger partial charge in [0.25, 0.3) is 5.91 Å². The summed E-state index contributed by atoms with van der Waals surface area (Å²) in [6.07, 6.45) is 6.90. The summed E-state index contributed by atoms with van der Waals surface area (Å²) in [5.74, 6) is 2.04. The summed E-state index contributed by atoms with van der Waals surface area (Å²) < 4.78 is 5.66. The first kappa shape index (κ1) is 17.6. The van der Waals surface area contributed by atoms with Gasteiger partial charge in [0.2, 0.25) is 5.88 Å². The molecule has 2 aliphatic rings. The molecule has 0 radical (unpaired) electrons. The van der Waals surface area contributed by atoms with Gasteiger partial charge in [-0.25, -0.2) is 4.98 Å². The van der Waals surface area contributed by atoms with E-state index in [1.807, 2.05) is 17.0 Å². The number of rotatable bonds is 3. The molecule has 7 heteroatoms. The third kappa shape index (κ3) is 3.60.